The molecule has 2 N–H and O–H groups in total. The summed E-state index contributed by atoms with van der Waals surface area (Å²) in [5.41, 5.74) is 1.96. The van der Waals surface area contributed by atoms with E-state index in [-0.39, 0.29) is 17.9 Å². The summed E-state index contributed by atoms with van der Waals surface area (Å²) in [6, 6.07) is 11.2. The fourth-order valence-electron chi connectivity index (χ4n) is 3.59. The molecule has 1 heterocycles. The molecule has 7 nitrogen and oxygen atoms in total. The lowest BCUT2D eigenvalue weighted by Crippen LogP contribution is -2.35. The monoisotopic (exact) mass is 411 g/mol. The summed E-state index contributed by atoms with van der Waals surface area (Å²) in [5.74, 6) is -0.917. The van der Waals surface area contributed by atoms with Crippen LogP contribution in [0.15, 0.2) is 48.0 Å². The molecule has 2 aromatic rings. The number of benzene rings is 2. The van der Waals surface area contributed by atoms with E-state index in [1.165, 1.54) is 26.0 Å². The maximum absolute atomic E-state index is 12.9. The second-order valence-corrected chi connectivity index (χ2v) is 7.28. The van der Waals surface area contributed by atoms with E-state index in [0.29, 0.717) is 22.6 Å². The summed E-state index contributed by atoms with van der Waals surface area (Å²) in [4.78, 5) is 26.9. The Balaban J connectivity index is 2.21. The average molecular weight is 411 g/mol. The van der Waals surface area contributed by atoms with E-state index < -0.39 is 23.8 Å². The lowest BCUT2D eigenvalue weighted by Gasteiger charge is -2.27. The smallest absolute Gasteiger partial charge is 0.295 e. The van der Waals surface area contributed by atoms with Crippen LogP contribution in [0.2, 0.25) is 0 Å². The largest absolute Gasteiger partial charge is 0.507 e. The van der Waals surface area contributed by atoms with Gasteiger partial charge >= 0.3 is 0 Å². The van der Waals surface area contributed by atoms with Crippen LogP contribution in [0, 0.1) is 6.92 Å². The Hall–Kier alpha value is -3.32. The molecule has 2 aromatic carbocycles. The fourth-order valence-corrected chi connectivity index (χ4v) is 3.59. The van der Waals surface area contributed by atoms with Gasteiger partial charge in [0, 0.05) is 12.1 Å². The number of likely N-dealkylation sites (tertiary alicyclic amines) is 1. The van der Waals surface area contributed by atoms with Crippen molar-refractivity contribution in [2.75, 3.05) is 20.8 Å². The number of hydrogen-bond donors (Lipinski definition) is 2. The lowest BCUT2D eigenvalue weighted by molar-refractivity contribution is -0.140. The van der Waals surface area contributed by atoms with E-state index in [1.807, 2.05) is 19.1 Å². The highest BCUT2D eigenvalue weighted by Crippen LogP contribution is 2.42. The van der Waals surface area contributed by atoms with Crippen molar-refractivity contribution in [3.63, 3.8) is 0 Å². The van der Waals surface area contributed by atoms with E-state index >= 15 is 0 Å². The van der Waals surface area contributed by atoms with Gasteiger partial charge in [0.1, 0.15) is 5.76 Å². The number of amides is 1. The molecule has 30 heavy (non-hydrogen) atoms. The first-order valence-electron chi connectivity index (χ1n) is 9.54. The van der Waals surface area contributed by atoms with Crippen molar-refractivity contribution in [1.29, 1.82) is 0 Å². The third-order valence-corrected chi connectivity index (χ3v) is 5.05. The van der Waals surface area contributed by atoms with E-state index in [4.69, 9.17) is 9.47 Å². The van der Waals surface area contributed by atoms with Crippen LogP contribution in [-0.2, 0) is 9.59 Å². The number of ether oxygens (including phenoxy) is 2. The molecule has 3 rings (SSSR count). The molecule has 158 valence electrons. The quantitative estimate of drug-likeness (QED) is 0.431. The van der Waals surface area contributed by atoms with Gasteiger partial charge in [-0.1, -0.05) is 35.9 Å². The molecule has 2 atom stereocenters. The molecule has 1 aliphatic heterocycles. The number of aryl methyl sites for hydroxylation is 1. The molecular formula is C23H25NO6. The third-order valence-electron chi connectivity index (χ3n) is 5.05. The van der Waals surface area contributed by atoms with Crippen LogP contribution in [0.5, 0.6) is 11.5 Å². The van der Waals surface area contributed by atoms with E-state index in [1.54, 1.807) is 30.3 Å². The van der Waals surface area contributed by atoms with Gasteiger partial charge in [0.2, 0.25) is 0 Å². The maximum Gasteiger partial charge on any atom is 0.295 e. The average Bonchev–Trinajstić information content (AvgIpc) is 2.97. The Morgan fingerprint density at radius 1 is 1.07 bits per heavy atom. The summed E-state index contributed by atoms with van der Waals surface area (Å²) in [7, 11) is 3.00. The zero-order valence-electron chi connectivity index (χ0n) is 17.4. The number of β-amino-alcohol motifs (C(OH)–C–C–N with tert-alkyl or cyclic N) is 1. The number of Topliss-reactive ketones (excluding diaryl/α,β-unsaturated/α-hetero) is 1. The van der Waals surface area contributed by atoms with Crippen molar-refractivity contribution in [1.82, 2.24) is 4.90 Å². The first kappa shape index (κ1) is 21.4. The van der Waals surface area contributed by atoms with Gasteiger partial charge in [0.15, 0.2) is 11.5 Å². The van der Waals surface area contributed by atoms with Crippen molar-refractivity contribution in [2.45, 2.75) is 26.0 Å². The van der Waals surface area contributed by atoms with Gasteiger partial charge in [-0.25, -0.2) is 0 Å². The Kier molecular flexibility index (Phi) is 6.12. The molecule has 1 aliphatic rings. The number of methoxy groups -OCH3 is 2. The van der Waals surface area contributed by atoms with Crippen LogP contribution < -0.4 is 9.47 Å². The Morgan fingerprint density at radius 2 is 1.70 bits per heavy atom. The Morgan fingerprint density at radius 3 is 2.27 bits per heavy atom. The van der Waals surface area contributed by atoms with Crippen molar-refractivity contribution in [3.05, 3.63) is 64.7 Å². The van der Waals surface area contributed by atoms with Crippen LogP contribution in [0.4, 0.5) is 0 Å². The molecular weight excluding hydrogens is 386 g/mol. The van der Waals surface area contributed by atoms with Gasteiger partial charge in [-0.05, 0) is 31.5 Å². The minimum absolute atomic E-state index is 0.0308. The van der Waals surface area contributed by atoms with Gasteiger partial charge in [-0.3, -0.25) is 9.59 Å². The zero-order chi connectivity index (χ0) is 22.0. The first-order chi connectivity index (χ1) is 14.3. The standard InChI is InChI=1S/C23H25NO6/c1-13-5-7-15(8-6-13)21(26)19-20(24(12-14(2)25)23(28)22(19)27)16-9-10-17(29-3)18(11-16)30-4/h5-11,14,20,25-26H,12H2,1-4H3. The minimum Gasteiger partial charge on any atom is -0.507 e. The molecule has 1 saturated heterocycles. The van der Waals surface area contributed by atoms with Gasteiger partial charge < -0.3 is 24.6 Å². The molecule has 1 fully saturated rings. The summed E-state index contributed by atoms with van der Waals surface area (Å²) < 4.78 is 10.6. The van der Waals surface area contributed by atoms with Gasteiger partial charge in [-0.15, -0.1) is 0 Å². The number of hydrogen-bond acceptors (Lipinski definition) is 6. The highest BCUT2D eigenvalue weighted by Gasteiger charge is 2.46. The molecule has 0 radical (unpaired) electrons. The van der Waals surface area contributed by atoms with Gasteiger partial charge in [0.05, 0.1) is 31.9 Å². The van der Waals surface area contributed by atoms with Crippen LogP contribution in [-0.4, -0.2) is 53.7 Å². The van der Waals surface area contributed by atoms with Crippen molar-refractivity contribution in [3.8, 4) is 11.5 Å². The third kappa shape index (κ3) is 3.89. The SMILES string of the molecule is COc1ccc(C2C(=C(O)c3ccc(C)cc3)C(=O)C(=O)N2CC(C)O)cc1OC. The predicted octanol–water partition coefficient (Wildman–Crippen LogP) is 2.81. The molecule has 0 aromatic heterocycles. The number of aliphatic hydroxyl groups is 2. The molecule has 0 aliphatic carbocycles. The van der Waals surface area contributed by atoms with Crippen LogP contribution in [0.25, 0.3) is 5.76 Å². The van der Waals surface area contributed by atoms with E-state index in [9.17, 15) is 19.8 Å². The molecule has 0 saturated carbocycles. The number of nitrogens with zero attached hydrogens (tertiary/aromatic N) is 1. The van der Waals surface area contributed by atoms with Gasteiger partial charge in [-0.2, -0.15) is 0 Å². The van der Waals surface area contributed by atoms with E-state index in [0.717, 1.165) is 5.56 Å². The molecule has 2 unspecified atom stereocenters. The summed E-state index contributed by atoms with van der Waals surface area (Å²) in [6.45, 7) is 3.38. The number of carbonyl (C=O) groups excluding carboxylic acids is 2. The van der Waals surface area contributed by atoms with Crippen LogP contribution >= 0.6 is 0 Å². The van der Waals surface area contributed by atoms with Crippen LogP contribution in [0.1, 0.15) is 29.7 Å². The van der Waals surface area contributed by atoms with Crippen molar-refractivity contribution >= 4 is 17.4 Å². The molecule has 7 heteroatoms. The molecule has 0 spiro atoms. The Bertz CT molecular complexity index is 993. The molecule has 0 bridgehead atoms. The minimum atomic E-state index is -0.874. The van der Waals surface area contributed by atoms with E-state index in [2.05, 4.69) is 0 Å². The second kappa shape index (κ2) is 8.59. The van der Waals surface area contributed by atoms with Crippen LogP contribution in [0.3, 0.4) is 0 Å². The summed E-state index contributed by atoms with van der Waals surface area (Å²) >= 11 is 0. The number of carbonyl (C=O) groups is 2. The highest BCUT2D eigenvalue weighted by molar-refractivity contribution is 6.46. The normalized spacial score (nSPS) is 19.1. The number of rotatable bonds is 6. The number of ketones is 1. The lowest BCUT2D eigenvalue weighted by atomic mass is 9.94. The topological polar surface area (TPSA) is 96.3 Å². The first-order valence-corrected chi connectivity index (χ1v) is 9.54. The van der Waals surface area contributed by atoms with Gasteiger partial charge in [0.25, 0.3) is 11.7 Å². The Labute approximate surface area is 175 Å². The molecule has 1 amide bonds. The summed E-state index contributed by atoms with van der Waals surface area (Å²) in [5, 5.41) is 20.9. The fraction of sp³-hybridized carbons (Fsp3) is 0.304. The highest BCUT2D eigenvalue weighted by atomic mass is 16.5. The zero-order valence-corrected chi connectivity index (χ0v) is 17.4. The van der Waals surface area contributed by atoms with Crippen molar-refractivity contribution in [2.24, 2.45) is 0 Å². The summed E-state index contributed by atoms with van der Waals surface area (Å²) in [6.07, 6.45) is -0.856. The predicted molar refractivity (Wildman–Crippen MR) is 111 cm³/mol. The second-order valence-electron chi connectivity index (χ2n) is 7.28. The number of aliphatic hydroxyl groups excluding tert-OH is 2. The van der Waals surface area contributed by atoms with Crippen molar-refractivity contribution < 1.29 is 29.3 Å². The maximum atomic E-state index is 12.9.